The Morgan fingerprint density at radius 2 is 2.00 bits per heavy atom. The molecule has 0 saturated carbocycles. The van der Waals surface area contributed by atoms with Crippen LogP contribution >= 0.6 is 0 Å². The maximum Gasteiger partial charge on any atom is 0.123 e. The van der Waals surface area contributed by atoms with Gasteiger partial charge in [-0.1, -0.05) is 6.92 Å². The van der Waals surface area contributed by atoms with E-state index >= 15 is 0 Å². The van der Waals surface area contributed by atoms with Gasteiger partial charge in [-0.15, -0.1) is 0 Å². The molecule has 0 bridgehead atoms. The first kappa shape index (κ1) is 13.0. The Bertz CT molecular complexity index is 286. The summed E-state index contributed by atoms with van der Waals surface area (Å²) in [5.74, 6) is 0.505. The molecule has 2 nitrogen and oxygen atoms in total. The third-order valence-electron chi connectivity index (χ3n) is 2.42. The van der Waals surface area contributed by atoms with Gasteiger partial charge in [-0.25, -0.2) is 4.39 Å². The number of nitrogens with one attached hydrogen (secondary N) is 1. The van der Waals surface area contributed by atoms with E-state index in [1.165, 1.54) is 12.1 Å². The second-order valence-electron chi connectivity index (χ2n) is 3.90. The molecule has 0 aromatic heterocycles. The Morgan fingerprint density at radius 3 is 2.62 bits per heavy atom. The van der Waals surface area contributed by atoms with Crippen LogP contribution in [0, 0.1) is 5.82 Å². The predicted octanol–water partition coefficient (Wildman–Crippen LogP) is 2.98. The van der Waals surface area contributed by atoms with E-state index in [-0.39, 0.29) is 5.82 Å². The second-order valence-corrected chi connectivity index (χ2v) is 3.90. The molecule has 1 aromatic rings. The molecule has 1 atom stereocenters. The molecule has 0 radical (unpaired) electrons. The Hall–Kier alpha value is -1.09. The van der Waals surface area contributed by atoms with Crippen LogP contribution in [0.3, 0.4) is 0 Å². The van der Waals surface area contributed by atoms with Crippen LogP contribution in [0.1, 0.15) is 26.7 Å². The zero-order valence-electron chi connectivity index (χ0n) is 10.0. The summed E-state index contributed by atoms with van der Waals surface area (Å²) in [5, 5.41) is 3.35. The van der Waals surface area contributed by atoms with E-state index in [2.05, 4.69) is 19.2 Å². The highest BCUT2D eigenvalue weighted by molar-refractivity contribution is 5.21. The molecule has 0 fully saturated rings. The van der Waals surface area contributed by atoms with Gasteiger partial charge in [-0.2, -0.15) is 0 Å². The summed E-state index contributed by atoms with van der Waals surface area (Å²) in [6, 6.07) is 6.67. The van der Waals surface area contributed by atoms with Crippen molar-refractivity contribution in [1.82, 2.24) is 5.32 Å². The summed E-state index contributed by atoms with van der Waals surface area (Å²) in [4.78, 5) is 0. The average Bonchev–Trinajstić information content (AvgIpc) is 2.27. The molecule has 0 saturated heterocycles. The van der Waals surface area contributed by atoms with Crippen molar-refractivity contribution in [2.75, 3.05) is 13.2 Å². The number of rotatable bonds is 7. The van der Waals surface area contributed by atoms with Crippen molar-refractivity contribution >= 4 is 0 Å². The number of halogens is 1. The maximum absolute atomic E-state index is 12.6. The summed E-state index contributed by atoms with van der Waals surface area (Å²) in [7, 11) is 0. The van der Waals surface area contributed by atoms with Gasteiger partial charge in [-0.3, -0.25) is 0 Å². The van der Waals surface area contributed by atoms with Crippen LogP contribution in [0.5, 0.6) is 5.75 Å². The Morgan fingerprint density at radius 1 is 1.31 bits per heavy atom. The van der Waals surface area contributed by atoms with E-state index in [9.17, 15) is 4.39 Å². The average molecular weight is 225 g/mol. The highest BCUT2D eigenvalue weighted by Crippen LogP contribution is 2.11. The highest BCUT2D eigenvalue weighted by Gasteiger charge is 1.99. The quantitative estimate of drug-likeness (QED) is 0.720. The van der Waals surface area contributed by atoms with Gasteiger partial charge in [0.05, 0.1) is 6.61 Å². The molecule has 1 unspecified atom stereocenters. The minimum atomic E-state index is -0.229. The normalized spacial score (nSPS) is 12.4. The highest BCUT2D eigenvalue weighted by atomic mass is 19.1. The fourth-order valence-corrected chi connectivity index (χ4v) is 1.56. The molecule has 0 spiro atoms. The molecule has 0 aliphatic rings. The molecule has 1 N–H and O–H groups in total. The lowest BCUT2D eigenvalue weighted by molar-refractivity contribution is 0.298. The van der Waals surface area contributed by atoms with Gasteiger partial charge in [-0.05, 0) is 50.6 Å². The summed E-state index contributed by atoms with van der Waals surface area (Å²) < 4.78 is 18.1. The van der Waals surface area contributed by atoms with Crippen LogP contribution in [-0.4, -0.2) is 19.2 Å². The second kappa shape index (κ2) is 7.23. The standard InChI is InChI=1S/C13H20FNO/c1-3-15-11(2)5-4-10-16-13-8-6-12(14)7-9-13/h6-9,11,15H,3-5,10H2,1-2H3. The predicted molar refractivity (Wildman–Crippen MR) is 64.3 cm³/mol. The van der Waals surface area contributed by atoms with Crippen LogP contribution < -0.4 is 10.1 Å². The minimum absolute atomic E-state index is 0.229. The van der Waals surface area contributed by atoms with Crippen molar-refractivity contribution in [1.29, 1.82) is 0 Å². The molecule has 16 heavy (non-hydrogen) atoms. The lowest BCUT2D eigenvalue weighted by Crippen LogP contribution is -2.25. The zero-order chi connectivity index (χ0) is 11.8. The van der Waals surface area contributed by atoms with Crippen LogP contribution in [0.4, 0.5) is 4.39 Å². The zero-order valence-corrected chi connectivity index (χ0v) is 10.0. The van der Waals surface area contributed by atoms with Crippen LogP contribution in [0.25, 0.3) is 0 Å². The third-order valence-corrected chi connectivity index (χ3v) is 2.42. The molecule has 0 heterocycles. The SMILES string of the molecule is CCNC(C)CCCOc1ccc(F)cc1. The van der Waals surface area contributed by atoms with E-state index in [1.807, 2.05) is 0 Å². The Labute approximate surface area is 96.8 Å². The van der Waals surface area contributed by atoms with Crippen molar-refractivity contribution in [2.45, 2.75) is 32.7 Å². The van der Waals surface area contributed by atoms with Gasteiger partial charge < -0.3 is 10.1 Å². The minimum Gasteiger partial charge on any atom is -0.494 e. The largest absolute Gasteiger partial charge is 0.494 e. The molecular weight excluding hydrogens is 205 g/mol. The lowest BCUT2D eigenvalue weighted by atomic mass is 10.2. The van der Waals surface area contributed by atoms with Gasteiger partial charge in [0, 0.05) is 6.04 Å². The van der Waals surface area contributed by atoms with Crippen molar-refractivity contribution in [3.05, 3.63) is 30.1 Å². The van der Waals surface area contributed by atoms with Gasteiger partial charge >= 0.3 is 0 Å². The number of hydrogen-bond acceptors (Lipinski definition) is 2. The maximum atomic E-state index is 12.6. The monoisotopic (exact) mass is 225 g/mol. The molecule has 0 amide bonds. The topological polar surface area (TPSA) is 21.3 Å². The van der Waals surface area contributed by atoms with Gasteiger partial charge in [0.1, 0.15) is 11.6 Å². The van der Waals surface area contributed by atoms with Crippen molar-refractivity contribution < 1.29 is 9.13 Å². The molecular formula is C13H20FNO. The van der Waals surface area contributed by atoms with Crippen LogP contribution in [-0.2, 0) is 0 Å². The first-order valence-electron chi connectivity index (χ1n) is 5.84. The van der Waals surface area contributed by atoms with E-state index in [0.717, 1.165) is 25.1 Å². The summed E-state index contributed by atoms with van der Waals surface area (Å²) in [5.41, 5.74) is 0. The number of ether oxygens (including phenoxy) is 1. The Kier molecular flexibility index (Phi) is 5.86. The summed E-state index contributed by atoms with van der Waals surface area (Å²) in [6.45, 7) is 5.95. The van der Waals surface area contributed by atoms with E-state index in [4.69, 9.17) is 4.74 Å². The van der Waals surface area contributed by atoms with Gasteiger partial charge in [0.2, 0.25) is 0 Å². The summed E-state index contributed by atoms with van der Waals surface area (Å²) >= 11 is 0. The third kappa shape index (κ3) is 5.12. The van der Waals surface area contributed by atoms with Crippen LogP contribution in [0.2, 0.25) is 0 Å². The van der Waals surface area contributed by atoms with Gasteiger partial charge in [0.15, 0.2) is 0 Å². The van der Waals surface area contributed by atoms with Crippen molar-refractivity contribution in [3.63, 3.8) is 0 Å². The van der Waals surface area contributed by atoms with E-state index in [1.54, 1.807) is 12.1 Å². The van der Waals surface area contributed by atoms with Crippen molar-refractivity contribution in [2.24, 2.45) is 0 Å². The Balaban J connectivity index is 2.13. The first-order chi connectivity index (χ1) is 7.72. The van der Waals surface area contributed by atoms with Crippen LogP contribution in [0.15, 0.2) is 24.3 Å². The number of benzene rings is 1. The van der Waals surface area contributed by atoms with Crippen molar-refractivity contribution in [3.8, 4) is 5.75 Å². The lowest BCUT2D eigenvalue weighted by Gasteiger charge is -2.12. The molecule has 3 heteroatoms. The molecule has 0 aliphatic carbocycles. The van der Waals surface area contributed by atoms with Gasteiger partial charge in [0.25, 0.3) is 0 Å². The molecule has 0 aliphatic heterocycles. The fourth-order valence-electron chi connectivity index (χ4n) is 1.56. The molecule has 90 valence electrons. The van der Waals surface area contributed by atoms with E-state index in [0.29, 0.717) is 12.6 Å². The van der Waals surface area contributed by atoms with E-state index < -0.39 is 0 Å². The molecule has 1 aromatic carbocycles. The number of hydrogen-bond donors (Lipinski definition) is 1. The smallest absolute Gasteiger partial charge is 0.123 e. The molecule has 1 rings (SSSR count). The first-order valence-corrected chi connectivity index (χ1v) is 5.84. The fraction of sp³-hybridized carbons (Fsp3) is 0.538. The summed E-state index contributed by atoms with van der Waals surface area (Å²) in [6.07, 6.45) is 2.10.